The summed E-state index contributed by atoms with van der Waals surface area (Å²) in [5.41, 5.74) is 1.99. The van der Waals surface area contributed by atoms with Crippen molar-refractivity contribution < 1.29 is 19.4 Å². The van der Waals surface area contributed by atoms with Crippen LogP contribution in [0.3, 0.4) is 0 Å². The van der Waals surface area contributed by atoms with E-state index in [9.17, 15) is 9.90 Å². The van der Waals surface area contributed by atoms with Gasteiger partial charge in [-0.3, -0.25) is 4.90 Å². The third kappa shape index (κ3) is 8.23. The Labute approximate surface area is 184 Å². The molecule has 0 bridgehead atoms. The molecule has 7 heteroatoms. The van der Waals surface area contributed by atoms with Crippen LogP contribution in [0.5, 0.6) is 5.75 Å². The van der Waals surface area contributed by atoms with Crippen molar-refractivity contribution in [3.8, 4) is 5.75 Å². The van der Waals surface area contributed by atoms with Gasteiger partial charge in [0.2, 0.25) is 0 Å². The van der Waals surface area contributed by atoms with Crippen LogP contribution in [-0.4, -0.2) is 48.8 Å². The van der Waals surface area contributed by atoms with Gasteiger partial charge in [0, 0.05) is 17.6 Å². The van der Waals surface area contributed by atoms with Gasteiger partial charge in [-0.15, -0.1) is 12.4 Å². The number of benzene rings is 2. The van der Waals surface area contributed by atoms with Crippen molar-refractivity contribution in [2.75, 3.05) is 26.8 Å². The summed E-state index contributed by atoms with van der Waals surface area (Å²) in [7, 11) is 1.33. The van der Waals surface area contributed by atoms with Crippen LogP contribution in [0.2, 0.25) is 5.02 Å². The van der Waals surface area contributed by atoms with Gasteiger partial charge < -0.3 is 14.6 Å². The van der Waals surface area contributed by atoms with Crippen molar-refractivity contribution in [3.05, 3.63) is 64.7 Å². The Morgan fingerprint density at radius 3 is 2.48 bits per heavy atom. The predicted molar refractivity (Wildman–Crippen MR) is 118 cm³/mol. The lowest BCUT2D eigenvalue weighted by molar-refractivity contribution is -0.142. The molecule has 5 nitrogen and oxygen atoms in total. The van der Waals surface area contributed by atoms with Crippen molar-refractivity contribution in [3.63, 3.8) is 0 Å². The average molecular weight is 442 g/mol. The molecule has 1 N–H and O–H groups in total. The van der Waals surface area contributed by atoms with Crippen molar-refractivity contribution in [2.24, 2.45) is 0 Å². The summed E-state index contributed by atoms with van der Waals surface area (Å²) in [6.45, 7) is 5.51. The van der Waals surface area contributed by atoms with E-state index in [1.54, 1.807) is 12.1 Å². The predicted octanol–water partition coefficient (Wildman–Crippen LogP) is 4.30. The minimum atomic E-state index is -0.588. The first kappa shape index (κ1) is 25.2. The summed E-state index contributed by atoms with van der Waals surface area (Å²) >= 11 is 6.03. The largest absolute Gasteiger partial charge is 0.482 e. The lowest BCUT2D eigenvalue weighted by Gasteiger charge is -2.30. The van der Waals surface area contributed by atoms with Crippen molar-refractivity contribution in [2.45, 2.75) is 32.4 Å². The number of hydrogen-bond acceptors (Lipinski definition) is 5. The molecule has 0 saturated heterocycles. The number of rotatable bonds is 10. The Balaban J connectivity index is 0.00000420. The SMILES string of the molecule is CCN(C[C@@H](O)c1cccc(Cl)c1)C(C)Cc1ccc(OCC(=O)OC)cc1.Cl. The van der Waals surface area contributed by atoms with Gasteiger partial charge in [0.1, 0.15) is 5.75 Å². The van der Waals surface area contributed by atoms with Gasteiger partial charge in [-0.1, -0.05) is 42.8 Å². The van der Waals surface area contributed by atoms with Gasteiger partial charge in [0.05, 0.1) is 13.2 Å². The van der Waals surface area contributed by atoms with Crippen LogP contribution < -0.4 is 4.74 Å². The summed E-state index contributed by atoms with van der Waals surface area (Å²) in [5, 5.41) is 11.2. The van der Waals surface area contributed by atoms with E-state index in [-0.39, 0.29) is 25.1 Å². The highest BCUT2D eigenvalue weighted by atomic mass is 35.5. The molecule has 0 heterocycles. The number of aliphatic hydroxyl groups excluding tert-OH is 1. The van der Waals surface area contributed by atoms with E-state index >= 15 is 0 Å². The molecule has 29 heavy (non-hydrogen) atoms. The fourth-order valence-electron chi connectivity index (χ4n) is 3.06. The third-order valence-corrected chi connectivity index (χ3v) is 4.94. The molecule has 0 spiro atoms. The number of esters is 1. The number of carbonyl (C=O) groups is 1. The third-order valence-electron chi connectivity index (χ3n) is 4.71. The second kappa shape index (κ2) is 12.7. The van der Waals surface area contributed by atoms with Crippen molar-refractivity contribution >= 4 is 30.0 Å². The fourth-order valence-corrected chi connectivity index (χ4v) is 3.25. The van der Waals surface area contributed by atoms with Crippen LogP contribution >= 0.6 is 24.0 Å². The average Bonchev–Trinajstić information content (AvgIpc) is 2.70. The molecule has 0 aliphatic carbocycles. The maximum atomic E-state index is 11.1. The summed E-state index contributed by atoms with van der Waals surface area (Å²) < 4.78 is 9.93. The van der Waals surface area contributed by atoms with Crippen LogP contribution in [0, 0.1) is 0 Å². The molecule has 0 saturated carbocycles. The topological polar surface area (TPSA) is 59.0 Å². The second-order valence-corrected chi connectivity index (χ2v) is 7.16. The lowest BCUT2D eigenvalue weighted by Crippen LogP contribution is -2.37. The molecule has 2 aromatic carbocycles. The minimum absolute atomic E-state index is 0. The molecule has 0 amide bonds. The highest BCUT2D eigenvalue weighted by Gasteiger charge is 2.18. The molecule has 0 aliphatic rings. The minimum Gasteiger partial charge on any atom is -0.482 e. The van der Waals surface area contributed by atoms with Gasteiger partial charge in [0.15, 0.2) is 6.61 Å². The fraction of sp³-hybridized carbons (Fsp3) is 0.409. The second-order valence-electron chi connectivity index (χ2n) is 6.72. The zero-order valence-corrected chi connectivity index (χ0v) is 18.6. The van der Waals surface area contributed by atoms with Crippen LogP contribution in [0.15, 0.2) is 48.5 Å². The zero-order chi connectivity index (χ0) is 20.5. The normalized spacial score (nSPS) is 12.8. The first-order chi connectivity index (χ1) is 13.4. The molecule has 0 fully saturated rings. The lowest BCUT2D eigenvalue weighted by atomic mass is 10.0. The molecule has 1 unspecified atom stereocenters. The molecule has 160 valence electrons. The number of halogens is 2. The highest BCUT2D eigenvalue weighted by Crippen LogP contribution is 2.21. The van der Waals surface area contributed by atoms with Gasteiger partial charge in [-0.2, -0.15) is 0 Å². The van der Waals surface area contributed by atoms with Crippen LogP contribution in [-0.2, 0) is 16.0 Å². The van der Waals surface area contributed by atoms with E-state index in [0.29, 0.717) is 17.3 Å². The highest BCUT2D eigenvalue weighted by molar-refractivity contribution is 6.30. The van der Waals surface area contributed by atoms with Crippen LogP contribution in [0.4, 0.5) is 0 Å². The Morgan fingerprint density at radius 1 is 1.21 bits per heavy atom. The van der Waals surface area contributed by atoms with E-state index in [1.807, 2.05) is 36.4 Å². The van der Waals surface area contributed by atoms with Gasteiger partial charge in [-0.05, 0) is 55.3 Å². The van der Waals surface area contributed by atoms with Crippen LogP contribution in [0.25, 0.3) is 0 Å². The number of carbonyl (C=O) groups excluding carboxylic acids is 1. The van der Waals surface area contributed by atoms with E-state index in [1.165, 1.54) is 7.11 Å². The number of ether oxygens (including phenoxy) is 2. The van der Waals surface area contributed by atoms with E-state index in [0.717, 1.165) is 24.1 Å². The summed E-state index contributed by atoms with van der Waals surface area (Å²) in [4.78, 5) is 13.4. The first-order valence-corrected chi connectivity index (χ1v) is 9.76. The van der Waals surface area contributed by atoms with Gasteiger partial charge >= 0.3 is 5.97 Å². The maximum Gasteiger partial charge on any atom is 0.343 e. The number of likely N-dealkylation sites (N-methyl/N-ethyl adjacent to an activating group) is 1. The molecule has 0 aromatic heterocycles. The quantitative estimate of drug-likeness (QED) is 0.556. The summed E-state index contributed by atoms with van der Waals surface area (Å²) in [5.74, 6) is 0.222. The number of methoxy groups -OCH3 is 1. The number of hydrogen-bond donors (Lipinski definition) is 1. The zero-order valence-electron chi connectivity index (χ0n) is 17.0. The Bertz CT molecular complexity index is 755. The van der Waals surface area contributed by atoms with E-state index < -0.39 is 12.1 Å². The standard InChI is InChI=1S/C22H28ClNO4.ClH/c1-4-24(14-21(25)18-6-5-7-19(23)13-18)16(2)12-17-8-10-20(11-9-17)28-15-22(26)27-3;/h5-11,13,16,21,25H,4,12,14-15H2,1-3H3;1H/t16?,21-;/m1./s1. The van der Waals surface area contributed by atoms with E-state index in [2.05, 4.69) is 23.5 Å². The van der Waals surface area contributed by atoms with Gasteiger partial charge in [0.25, 0.3) is 0 Å². The molecule has 0 radical (unpaired) electrons. The Hall–Kier alpha value is -1.79. The monoisotopic (exact) mass is 441 g/mol. The molecule has 2 rings (SSSR count). The molecule has 0 aliphatic heterocycles. The summed E-state index contributed by atoms with van der Waals surface area (Å²) in [6.07, 6.45) is 0.253. The van der Waals surface area contributed by atoms with Crippen LogP contribution in [0.1, 0.15) is 31.1 Å². The Morgan fingerprint density at radius 2 is 1.90 bits per heavy atom. The molecular weight excluding hydrogens is 413 g/mol. The molecule has 2 aromatic rings. The Kier molecular flexibility index (Phi) is 11.1. The summed E-state index contributed by atoms with van der Waals surface area (Å²) in [6, 6.07) is 15.3. The maximum absolute atomic E-state index is 11.1. The molecular formula is C22H29Cl2NO4. The number of aliphatic hydroxyl groups is 1. The molecule has 2 atom stereocenters. The van der Waals surface area contributed by atoms with Gasteiger partial charge in [-0.25, -0.2) is 4.79 Å². The first-order valence-electron chi connectivity index (χ1n) is 9.39. The smallest absolute Gasteiger partial charge is 0.343 e. The van der Waals surface area contributed by atoms with E-state index in [4.69, 9.17) is 16.3 Å². The van der Waals surface area contributed by atoms with Crippen molar-refractivity contribution in [1.82, 2.24) is 4.90 Å². The number of nitrogens with zero attached hydrogens (tertiary/aromatic N) is 1. The van der Waals surface area contributed by atoms with Crippen molar-refractivity contribution in [1.29, 1.82) is 0 Å².